The van der Waals surface area contributed by atoms with E-state index in [1.165, 1.54) is 12.1 Å². The smallest absolute Gasteiger partial charge is 0.241 e. The monoisotopic (exact) mass is 211 g/mol. The minimum Gasteiger partial charge on any atom is -0.361 e. The van der Waals surface area contributed by atoms with Crippen LogP contribution in [-0.4, -0.2) is 35.9 Å². The first-order valence-corrected chi connectivity index (χ1v) is 4.73. The predicted molar refractivity (Wildman–Crippen MR) is 56.0 cm³/mol. The van der Waals surface area contributed by atoms with Crippen LogP contribution in [0.4, 0.5) is 10.2 Å². The Kier molecular flexibility index (Phi) is 4.03. The fraction of sp³-hybridized carbons (Fsp3) is 0.400. The van der Waals surface area contributed by atoms with Crippen molar-refractivity contribution in [1.29, 1.82) is 0 Å². The third kappa shape index (κ3) is 3.53. The van der Waals surface area contributed by atoms with Crippen LogP contribution in [0.5, 0.6) is 0 Å². The van der Waals surface area contributed by atoms with E-state index < -0.39 is 5.82 Å². The molecule has 0 radical (unpaired) electrons. The molecule has 0 saturated heterocycles. The van der Waals surface area contributed by atoms with E-state index in [9.17, 15) is 9.18 Å². The highest BCUT2D eigenvalue weighted by molar-refractivity contribution is 5.80. The SMILES string of the molecule is CCN(C)C(=O)CNc1ccc(F)cn1. The molecule has 5 heteroatoms. The predicted octanol–water partition coefficient (Wildman–Crippen LogP) is 1.11. The molecule has 0 aliphatic heterocycles. The van der Waals surface area contributed by atoms with Crippen LogP contribution >= 0.6 is 0 Å². The Balaban J connectivity index is 2.43. The van der Waals surface area contributed by atoms with Gasteiger partial charge in [0.15, 0.2) is 0 Å². The summed E-state index contributed by atoms with van der Waals surface area (Å²) in [6, 6.07) is 2.79. The number of aromatic nitrogens is 1. The largest absolute Gasteiger partial charge is 0.361 e. The van der Waals surface area contributed by atoms with Crippen molar-refractivity contribution < 1.29 is 9.18 Å². The second-order valence-electron chi connectivity index (χ2n) is 3.12. The molecule has 4 nitrogen and oxygen atoms in total. The number of amides is 1. The molecule has 15 heavy (non-hydrogen) atoms. The summed E-state index contributed by atoms with van der Waals surface area (Å²) in [5, 5.41) is 2.82. The Morgan fingerprint density at radius 3 is 2.87 bits per heavy atom. The van der Waals surface area contributed by atoms with Gasteiger partial charge in [-0.1, -0.05) is 0 Å². The lowest BCUT2D eigenvalue weighted by atomic mass is 10.4. The molecule has 1 aromatic heterocycles. The van der Waals surface area contributed by atoms with Crippen LogP contribution in [0.3, 0.4) is 0 Å². The van der Waals surface area contributed by atoms with Gasteiger partial charge in [-0.15, -0.1) is 0 Å². The summed E-state index contributed by atoms with van der Waals surface area (Å²) in [5.74, 6) is 0.0791. The quantitative estimate of drug-likeness (QED) is 0.811. The molecule has 0 aromatic carbocycles. The van der Waals surface area contributed by atoms with Crippen molar-refractivity contribution in [2.45, 2.75) is 6.92 Å². The highest BCUT2D eigenvalue weighted by Crippen LogP contribution is 2.02. The van der Waals surface area contributed by atoms with Gasteiger partial charge >= 0.3 is 0 Å². The maximum atomic E-state index is 12.5. The molecule has 0 aliphatic carbocycles. The summed E-state index contributed by atoms with van der Waals surface area (Å²) in [5.41, 5.74) is 0. The number of pyridine rings is 1. The van der Waals surface area contributed by atoms with E-state index in [1.54, 1.807) is 11.9 Å². The number of halogens is 1. The zero-order valence-electron chi connectivity index (χ0n) is 8.83. The lowest BCUT2D eigenvalue weighted by Gasteiger charge is -2.14. The zero-order chi connectivity index (χ0) is 11.3. The van der Waals surface area contributed by atoms with E-state index in [1.807, 2.05) is 6.92 Å². The van der Waals surface area contributed by atoms with Gasteiger partial charge in [-0.05, 0) is 19.1 Å². The number of carbonyl (C=O) groups is 1. The number of rotatable bonds is 4. The number of nitrogens with one attached hydrogen (secondary N) is 1. The molecule has 0 saturated carbocycles. The van der Waals surface area contributed by atoms with E-state index in [2.05, 4.69) is 10.3 Å². The van der Waals surface area contributed by atoms with Crippen molar-refractivity contribution in [1.82, 2.24) is 9.88 Å². The van der Waals surface area contributed by atoms with Gasteiger partial charge in [0.25, 0.3) is 0 Å². The first kappa shape index (κ1) is 11.4. The summed E-state index contributed by atoms with van der Waals surface area (Å²) in [6.07, 6.45) is 1.11. The maximum absolute atomic E-state index is 12.5. The first-order chi connectivity index (χ1) is 7.13. The maximum Gasteiger partial charge on any atom is 0.241 e. The Bertz CT molecular complexity index is 326. The summed E-state index contributed by atoms with van der Waals surface area (Å²) in [7, 11) is 1.72. The summed E-state index contributed by atoms with van der Waals surface area (Å²) in [4.78, 5) is 16.7. The van der Waals surface area contributed by atoms with Crippen LogP contribution in [0.1, 0.15) is 6.92 Å². The normalized spacial score (nSPS) is 9.80. The molecule has 0 spiro atoms. The molecule has 82 valence electrons. The average Bonchev–Trinajstić information content (AvgIpc) is 2.26. The Morgan fingerprint density at radius 1 is 1.60 bits per heavy atom. The molecule has 0 bridgehead atoms. The van der Waals surface area contributed by atoms with E-state index >= 15 is 0 Å². The van der Waals surface area contributed by atoms with Crippen molar-refractivity contribution in [3.05, 3.63) is 24.1 Å². The van der Waals surface area contributed by atoms with Crippen molar-refractivity contribution in [2.75, 3.05) is 25.5 Å². The van der Waals surface area contributed by atoms with Crippen LogP contribution < -0.4 is 5.32 Å². The Morgan fingerprint density at radius 2 is 2.33 bits per heavy atom. The third-order valence-electron chi connectivity index (χ3n) is 2.05. The van der Waals surface area contributed by atoms with Crippen LogP contribution in [0.2, 0.25) is 0 Å². The van der Waals surface area contributed by atoms with Gasteiger partial charge in [0.05, 0.1) is 12.7 Å². The second kappa shape index (κ2) is 5.29. The first-order valence-electron chi connectivity index (χ1n) is 4.73. The lowest BCUT2D eigenvalue weighted by molar-refractivity contribution is -0.127. The molecular weight excluding hydrogens is 197 g/mol. The van der Waals surface area contributed by atoms with E-state index in [4.69, 9.17) is 0 Å². The van der Waals surface area contributed by atoms with Crippen LogP contribution in [-0.2, 0) is 4.79 Å². The van der Waals surface area contributed by atoms with Gasteiger partial charge in [-0.2, -0.15) is 0 Å². The van der Waals surface area contributed by atoms with Crippen molar-refractivity contribution >= 4 is 11.7 Å². The number of hydrogen-bond acceptors (Lipinski definition) is 3. The Labute approximate surface area is 88.1 Å². The summed E-state index contributed by atoms with van der Waals surface area (Å²) < 4.78 is 12.5. The number of hydrogen-bond donors (Lipinski definition) is 1. The molecule has 1 amide bonds. The molecule has 0 unspecified atom stereocenters. The molecule has 1 rings (SSSR count). The fourth-order valence-corrected chi connectivity index (χ4v) is 0.958. The number of carbonyl (C=O) groups excluding carboxylic acids is 1. The molecule has 0 atom stereocenters. The van der Waals surface area contributed by atoms with Crippen LogP contribution in [0, 0.1) is 5.82 Å². The Hall–Kier alpha value is -1.65. The summed E-state index contributed by atoms with van der Waals surface area (Å²) in [6.45, 7) is 2.73. The number of nitrogens with zero attached hydrogens (tertiary/aromatic N) is 2. The summed E-state index contributed by atoms with van der Waals surface area (Å²) >= 11 is 0. The second-order valence-corrected chi connectivity index (χ2v) is 3.12. The van der Waals surface area contributed by atoms with Gasteiger partial charge in [-0.25, -0.2) is 9.37 Å². The van der Waals surface area contributed by atoms with Crippen molar-refractivity contribution in [2.24, 2.45) is 0 Å². The van der Waals surface area contributed by atoms with Gasteiger partial charge in [0.1, 0.15) is 11.6 Å². The lowest BCUT2D eigenvalue weighted by Crippen LogP contribution is -2.32. The standard InChI is InChI=1S/C10H14FN3O/c1-3-14(2)10(15)7-13-9-5-4-8(11)6-12-9/h4-6H,3,7H2,1-2H3,(H,12,13). The minimum absolute atomic E-state index is 0.0244. The third-order valence-corrected chi connectivity index (χ3v) is 2.05. The zero-order valence-corrected chi connectivity index (χ0v) is 8.83. The van der Waals surface area contributed by atoms with Gasteiger partial charge < -0.3 is 10.2 Å². The molecule has 0 aliphatic rings. The molecule has 0 fully saturated rings. The molecule has 1 N–H and O–H groups in total. The van der Waals surface area contributed by atoms with Gasteiger partial charge in [-0.3, -0.25) is 4.79 Å². The topological polar surface area (TPSA) is 45.2 Å². The molecular formula is C10H14FN3O. The van der Waals surface area contributed by atoms with Crippen LogP contribution in [0.15, 0.2) is 18.3 Å². The van der Waals surface area contributed by atoms with Gasteiger partial charge in [0, 0.05) is 13.6 Å². The van der Waals surface area contributed by atoms with Crippen molar-refractivity contribution in [3.63, 3.8) is 0 Å². The number of likely N-dealkylation sites (N-methyl/N-ethyl adjacent to an activating group) is 1. The van der Waals surface area contributed by atoms with Crippen LogP contribution in [0.25, 0.3) is 0 Å². The van der Waals surface area contributed by atoms with E-state index in [0.29, 0.717) is 12.4 Å². The number of anilines is 1. The van der Waals surface area contributed by atoms with Crippen molar-refractivity contribution in [3.8, 4) is 0 Å². The molecule has 1 heterocycles. The minimum atomic E-state index is -0.391. The molecule has 1 aromatic rings. The van der Waals surface area contributed by atoms with E-state index in [-0.39, 0.29) is 12.5 Å². The fourth-order valence-electron chi connectivity index (χ4n) is 0.958. The average molecular weight is 211 g/mol. The van der Waals surface area contributed by atoms with Gasteiger partial charge in [0.2, 0.25) is 5.91 Å². The highest BCUT2D eigenvalue weighted by Gasteiger charge is 2.05. The highest BCUT2D eigenvalue weighted by atomic mass is 19.1. The van der Waals surface area contributed by atoms with E-state index in [0.717, 1.165) is 6.20 Å².